The Morgan fingerprint density at radius 3 is 2.94 bits per heavy atom. The predicted molar refractivity (Wildman–Crippen MR) is 65.5 cm³/mol. The van der Waals surface area contributed by atoms with E-state index in [0.717, 1.165) is 18.8 Å². The van der Waals surface area contributed by atoms with Crippen molar-refractivity contribution >= 4 is 11.6 Å². The highest BCUT2D eigenvalue weighted by Gasteiger charge is 2.29. The van der Waals surface area contributed by atoms with Crippen LogP contribution in [0.5, 0.6) is 0 Å². The summed E-state index contributed by atoms with van der Waals surface area (Å²) in [6.45, 7) is 5.85. The smallest absolute Gasteiger partial charge is 0.225 e. The zero-order valence-corrected chi connectivity index (χ0v) is 9.84. The van der Waals surface area contributed by atoms with Crippen LogP contribution in [0, 0.1) is 0 Å². The number of carbonyl (C=O) groups is 1. The third-order valence-corrected chi connectivity index (χ3v) is 3.02. The second-order valence-electron chi connectivity index (χ2n) is 3.96. The van der Waals surface area contributed by atoms with Crippen LogP contribution in [0.1, 0.15) is 37.3 Å². The lowest BCUT2D eigenvalue weighted by atomic mass is 9.84. The summed E-state index contributed by atoms with van der Waals surface area (Å²) in [6.07, 6.45) is 0.622. The second kappa shape index (κ2) is 4.66. The van der Waals surface area contributed by atoms with Gasteiger partial charge in [0.25, 0.3) is 0 Å². The first kappa shape index (κ1) is 11.1. The minimum absolute atomic E-state index is 0.142. The molecule has 0 spiro atoms. The Labute approximate surface area is 96.2 Å². The minimum atomic E-state index is 0.142. The molecule has 1 amide bonds. The Balaban J connectivity index is 0.000000457. The van der Waals surface area contributed by atoms with Crippen LogP contribution in [-0.4, -0.2) is 12.5 Å². The van der Waals surface area contributed by atoms with E-state index in [2.05, 4.69) is 16.7 Å². The lowest BCUT2D eigenvalue weighted by molar-refractivity contribution is -0.116. The summed E-state index contributed by atoms with van der Waals surface area (Å²) < 4.78 is 0. The van der Waals surface area contributed by atoms with Gasteiger partial charge < -0.3 is 10.6 Å². The normalized spacial score (nSPS) is 21.4. The fraction of sp³-hybridized carbons (Fsp3) is 0.462. The van der Waals surface area contributed by atoms with E-state index in [1.54, 1.807) is 0 Å². The van der Waals surface area contributed by atoms with Crippen LogP contribution in [0.2, 0.25) is 0 Å². The number of hydrogen-bond donors (Lipinski definition) is 2. The van der Waals surface area contributed by atoms with Gasteiger partial charge in [-0.2, -0.15) is 0 Å². The van der Waals surface area contributed by atoms with Gasteiger partial charge in [0.2, 0.25) is 5.91 Å². The van der Waals surface area contributed by atoms with Crippen LogP contribution in [0.4, 0.5) is 5.69 Å². The van der Waals surface area contributed by atoms with Gasteiger partial charge in [0.1, 0.15) is 0 Å². The zero-order chi connectivity index (χ0) is 11.5. The van der Waals surface area contributed by atoms with Crippen molar-refractivity contribution in [1.82, 2.24) is 5.32 Å². The summed E-state index contributed by atoms with van der Waals surface area (Å²) >= 11 is 0. The number of carbonyl (C=O) groups excluding carboxylic acids is 1. The van der Waals surface area contributed by atoms with Gasteiger partial charge >= 0.3 is 0 Å². The molecule has 2 N–H and O–H groups in total. The van der Waals surface area contributed by atoms with Crippen molar-refractivity contribution in [3.63, 3.8) is 0 Å². The van der Waals surface area contributed by atoms with Crippen molar-refractivity contribution in [3.8, 4) is 0 Å². The molecule has 3 rings (SSSR count). The predicted octanol–water partition coefficient (Wildman–Crippen LogP) is 2.24. The first-order chi connectivity index (χ1) is 7.84. The molecular weight excluding hydrogens is 200 g/mol. The molecule has 2 aliphatic rings. The first-order valence-electron chi connectivity index (χ1n) is 5.97. The fourth-order valence-electron chi connectivity index (χ4n) is 2.44. The average molecular weight is 218 g/mol. The van der Waals surface area contributed by atoms with E-state index < -0.39 is 0 Å². The molecule has 16 heavy (non-hydrogen) atoms. The van der Waals surface area contributed by atoms with E-state index in [9.17, 15) is 4.79 Å². The SMILES string of the molecule is CC.O=C1CC2CNCc3cccc(c32)N1. The molecule has 0 aliphatic carbocycles. The molecule has 0 saturated carbocycles. The van der Waals surface area contributed by atoms with Gasteiger partial charge in [0.05, 0.1) is 0 Å². The number of rotatable bonds is 0. The van der Waals surface area contributed by atoms with E-state index >= 15 is 0 Å². The summed E-state index contributed by atoms with van der Waals surface area (Å²) in [7, 11) is 0. The quantitative estimate of drug-likeness (QED) is 0.701. The third kappa shape index (κ3) is 1.83. The monoisotopic (exact) mass is 218 g/mol. The Morgan fingerprint density at radius 1 is 1.31 bits per heavy atom. The third-order valence-electron chi connectivity index (χ3n) is 3.02. The van der Waals surface area contributed by atoms with Gasteiger partial charge in [-0.1, -0.05) is 26.0 Å². The minimum Gasteiger partial charge on any atom is -0.326 e. The lowest BCUT2D eigenvalue weighted by Gasteiger charge is -2.32. The van der Waals surface area contributed by atoms with Crippen LogP contribution < -0.4 is 10.6 Å². The van der Waals surface area contributed by atoms with Crippen LogP contribution in [0.15, 0.2) is 18.2 Å². The zero-order valence-electron chi connectivity index (χ0n) is 9.84. The average Bonchev–Trinajstić information content (AvgIpc) is 2.32. The lowest BCUT2D eigenvalue weighted by Crippen LogP contribution is -2.34. The molecule has 1 aromatic carbocycles. The molecule has 2 heterocycles. The summed E-state index contributed by atoms with van der Waals surface area (Å²) in [5.74, 6) is 0.520. The maximum atomic E-state index is 11.4. The van der Waals surface area contributed by atoms with E-state index in [-0.39, 0.29) is 5.91 Å². The topological polar surface area (TPSA) is 41.1 Å². The maximum absolute atomic E-state index is 11.4. The van der Waals surface area contributed by atoms with Crippen molar-refractivity contribution in [2.45, 2.75) is 32.7 Å². The number of amides is 1. The van der Waals surface area contributed by atoms with E-state index in [4.69, 9.17) is 0 Å². The molecule has 1 unspecified atom stereocenters. The highest BCUT2D eigenvalue weighted by atomic mass is 16.1. The molecule has 3 heteroatoms. The number of nitrogens with one attached hydrogen (secondary N) is 2. The summed E-state index contributed by atoms with van der Waals surface area (Å²) in [5, 5.41) is 6.28. The van der Waals surface area contributed by atoms with E-state index in [1.165, 1.54) is 11.1 Å². The molecule has 1 atom stereocenters. The molecule has 0 saturated heterocycles. The molecule has 86 valence electrons. The summed E-state index contributed by atoms with van der Waals surface area (Å²) in [6, 6.07) is 6.13. The standard InChI is InChI=1S/C11H12N2O.C2H6/c14-10-4-8-6-12-5-7-2-1-3-9(13-10)11(7)8;1-2/h1-3,8,12H,4-6H2,(H,13,14);1-2H3. The largest absolute Gasteiger partial charge is 0.326 e. The molecule has 0 radical (unpaired) electrons. The van der Waals surface area contributed by atoms with Gasteiger partial charge in [-0.3, -0.25) is 4.79 Å². The Morgan fingerprint density at radius 2 is 2.12 bits per heavy atom. The van der Waals surface area contributed by atoms with E-state index in [1.807, 2.05) is 26.0 Å². The number of anilines is 1. The fourth-order valence-corrected chi connectivity index (χ4v) is 2.44. The van der Waals surface area contributed by atoms with Crippen LogP contribution in [0.25, 0.3) is 0 Å². The highest BCUT2D eigenvalue weighted by molar-refractivity contribution is 5.95. The number of benzene rings is 1. The molecule has 0 fully saturated rings. The molecule has 0 aromatic heterocycles. The highest BCUT2D eigenvalue weighted by Crippen LogP contribution is 2.36. The van der Waals surface area contributed by atoms with Crippen molar-refractivity contribution < 1.29 is 4.79 Å². The van der Waals surface area contributed by atoms with Gasteiger partial charge in [-0.25, -0.2) is 0 Å². The Hall–Kier alpha value is -1.35. The first-order valence-corrected chi connectivity index (χ1v) is 5.97. The van der Waals surface area contributed by atoms with Gasteiger partial charge in [-0.05, 0) is 17.2 Å². The van der Waals surface area contributed by atoms with Gasteiger partial charge in [0, 0.05) is 31.1 Å². The molecule has 2 aliphatic heterocycles. The van der Waals surface area contributed by atoms with Crippen molar-refractivity contribution in [1.29, 1.82) is 0 Å². The molecule has 0 bridgehead atoms. The summed E-state index contributed by atoms with van der Waals surface area (Å²) in [5.41, 5.74) is 3.70. The van der Waals surface area contributed by atoms with Crippen molar-refractivity contribution in [2.24, 2.45) is 0 Å². The van der Waals surface area contributed by atoms with Crippen LogP contribution >= 0.6 is 0 Å². The molecule has 1 aromatic rings. The number of hydrogen-bond acceptors (Lipinski definition) is 2. The van der Waals surface area contributed by atoms with Crippen molar-refractivity contribution in [3.05, 3.63) is 29.3 Å². The van der Waals surface area contributed by atoms with Crippen LogP contribution in [0.3, 0.4) is 0 Å². The Kier molecular flexibility index (Phi) is 3.25. The second-order valence-corrected chi connectivity index (χ2v) is 3.96. The van der Waals surface area contributed by atoms with Crippen molar-refractivity contribution in [2.75, 3.05) is 11.9 Å². The Bertz CT molecular complexity index is 401. The molecular formula is C13H18N2O. The van der Waals surface area contributed by atoms with Gasteiger partial charge in [-0.15, -0.1) is 0 Å². The van der Waals surface area contributed by atoms with E-state index in [0.29, 0.717) is 12.3 Å². The summed E-state index contributed by atoms with van der Waals surface area (Å²) in [4.78, 5) is 11.4. The van der Waals surface area contributed by atoms with Gasteiger partial charge in [0.15, 0.2) is 0 Å². The molecule has 3 nitrogen and oxygen atoms in total. The van der Waals surface area contributed by atoms with Crippen LogP contribution in [-0.2, 0) is 11.3 Å². The maximum Gasteiger partial charge on any atom is 0.225 e.